The van der Waals surface area contributed by atoms with Gasteiger partial charge in [-0.2, -0.15) is 0 Å². The number of para-hydroxylation sites is 1. The zero-order valence-electron chi connectivity index (χ0n) is 17.2. The van der Waals surface area contributed by atoms with Crippen LogP contribution in [0.2, 0.25) is 0 Å². The van der Waals surface area contributed by atoms with Crippen LogP contribution in [0.5, 0.6) is 0 Å². The fourth-order valence-electron chi connectivity index (χ4n) is 3.97. The normalized spacial score (nSPS) is 14.1. The van der Waals surface area contributed by atoms with Crippen molar-refractivity contribution < 1.29 is 4.79 Å². The van der Waals surface area contributed by atoms with Crippen LogP contribution in [0, 0.1) is 6.92 Å². The largest absolute Gasteiger partial charge is 0.357 e. The fourth-order valence-corrected chi connectivity index (χ4v) is 3.97. The first-order valence-corrected chi connectivity index (χ1v) is 10.5. The molecule has 1 aliphatic heterocycles. The van der Waals surface area contributed by atoms with E-state index in [4.69, 9.17) is 4.98 Å². The molecule has 2 amide bonds. The maximum absolute atomic E-state index is 12.5. The molecule has 0 spiro atoms. The van der Waals surface area contributed by atoms with Crippen LogP contribution in [0.15, 0.2) is 48.5 Å². The Labute approximate surface area is 172 Å². The summed E-state index contributed by atoms with van der Waals surface area (Å²) in [7, 11) is 0. The summed E-state index contributed by atoms with van der Waals surface area (Å²) in [6.45, 7) is 6.35. The first-order valence-electron chi connectivity index (χ1n) is 10.5. The third kappa shape index (κ3) is 4.34. The summed E-state index contributed by atoms with van der Waals surface area (Å²) >= 11 is 0. The second-order valence-corrected chi connectivity index (χ2v) is 7.67. The van der Waals surface area contributed by atoms with Crippen LogP contribution in [0.1, 0.15) is 37.3 Å². The summed E-state index contributed by atoms with van der Waals surface area (Å²) in [5.74, 6) is 1.06. The van der Waals surface area contributed by atoms with E-state index in [-0.39, 0.29) is 6.03 Å². The zero-order valence-corrected chi connectivity index (χ0v) is 17.2. The van der Waals surface area contributed by atoms with Crippen LogP contribution in [0.25, 0.3) is 10.9 Å². The Balaban J connectivity index is 1.52. The van der Waals surface area contributed by atoms with Gasteiger partial charge in [0.15, 0.2) is 0 Å². The van der Waals surface area contributed by atoms with Crippen LogP contribution >= 0.6 is 0 Å². The molecular weight excluding hydrogens is 360 g/mol. The van der Waals surface area contributed by atoms with Gasteiger partial charge in [-0.1, -0.05) is 25.1 Å². The molecule has 4 rings (SSSR count). The molecule has 5 nitrogen and oxygen atoms in total. The molecular formula is C24H28N4O. The number of hydrogen-bond donors (Lipinski definition) is 2. The number of nitrogens with one attached hydrogen (secondary N) is 2. The Morgan fingerprint density at radius 1 is 1.03 bits per heavy atom. The van der Waals surface area contributed by atoms with Crippen molar-refractivity contribution in [1.82, 2.24) is 4.98 Å². The van der Waals surface area contributed by atoms with Gasteiger partial charge in [-0.3, -0.25) is 0 Å². The number of carbonyl (C=O) groups is 1. The Morgan fingerprint density at radius 2 is 1.83 bits per heavy atom. The van der Waals surface area contributed by atoms with E-state index in [9.17, 15) is 4.79 Å². The number of benzene rings is 2. The number of rotatable bonds is 4. The molecule has 0 unspecified atom stereocenters. The van der Waals surface area contributed by atoms with Crippen LogP contribution < -0.4 is 15.5 Å². The van der Waals surface area contributed by atoms with E-state index >= 15 is 0 Å². The first-order chi connectivity index (χ1) is 14.1. The minimum atomic E-state index is -0.235. The summed E-state index contributed by atoms with van der Waals surface area (Å²) in [5.41, 5.74) is 4.87. The zero-order chi connectivity index (χ0) is 20.2. The molecule has 1 fully saturated rings. The topological polar surface area (TPSA) is 57.3 Å². The van der Waals surface area contributed by atoms with Crippen LogP contribution in [0.3, 0.4) is 0 Å². The van der Waals surface area contributed by atoms with E-state index in [0.29, 0.717) is 0 Å². The molecule has 1 aliphatic rings. The lowest BCUT2D eigenvalue weighted by Gasteiger charge is -2.28. The monoisotopic (exact) mass is 388 g/mol. The number of piperidine rings is 1. The van der Waals surface area contributed by atoms with Gasteiger partial charge in [-0.15, -0.1) is 0 Å². The highest BCUT2D eigenvalue weighted by atomic mass is 16.2. The smallest absolute Gasteiger partial charge is 0.323 e. The van der Waals surface area contributed by atoms with E-state index in [2.05, 4.69) is 35.4 Å². The lowest BCUT2D eigenvalue weighted by molar-refractivity contribution is 0.262. The molecule has 0 radical (unpaired) electrons. The number of fused-ring (bicyclic) bond motifs is 1. The van der Waals surface area contributed by atoms with E-state index in [1.54, 1.807) is 0 Å². The predicted octanol–water partition coefficient (Wildman–Crippen LogP) is 5.74. The van der Waals surface area contributed by atoms with Crippen molar-refractivity contribution >= 4 is 34.1 Å². The molecule has 2 heterocycles. The van der Waals surface area contributed by atoms with E-state index in [0.717, 1.165) is 53.2 Å². The lowest BCUT2D eigenvalue weighted by atomic mass is 10.1. The second kappa shape index (κ2) is 8.52. The van der Waals surface area contributed by atoms with Gasteiger partial charge in [0.1, 0.15) is 5.82 Å². The number of anilines is 3. The molecule has 3 aromatic rings. The number of aryl methyl sites for hydroxylation is 2. The van der Waals surface area contributed by atoms with Crippen molar-refractivity contribution in [2.75, 3.05) is 28.6 Å². The minimum absolute atomic E-state index is 0.235. The molecule has 2 aromatic carbocycles. The Bertz CT molecular complexity index is 1020. The number of pyridine rings is 1. The van der Waals surface area contributed by atoms with Crippen molar-refractivity contribution in [3.63, 3.8) is 0 Å². The molecule has 0 bridgehead atoms. The summed E-state index contributed by atoms with van der Waals surface area (Å²) in [6.07, 6.45) is 4.65. The van der Waals surface area contributed by atoms with Crippen LogP contribution in [-0.2, 0) is 6.42 Å². The Morgan fingerprint density at radius 3 is 2.62 bits per heavy atom. The Hall–Kier alpha value is -3.08. The van der Waals surface area contributed by atoms with Crippen molar-refractivity contribution in [1.29, 1.82) is 0 Å². The lowest BCUT2D eigenvalue weighted by Crippen LogP contribution is -2.30. The summed E-state index contributed by atoms with van der Waals surface area (Å²) in [4.78, 5) is 19.7. The maximum Gasteiger partial charge on any atom is 0.323 e. The number of carbonyl (C=O) groups excluding carboxylic acids is 1. The molecule has 0 aliphatic carbocycles. The summed E-state index contributed by atoms with van der Waals surface area (Å²) in [5, 5.41) is 6.97. The first kappa shape index (κ1) is 19.2. The molecule has 0 saturated carbocycles. The number of hydrogen-bond acceptors (Lipinski definition) is 3. The van der Waals surface area contributed by atoms with Crippen molar-refractivity contribution in [2.24, 2.45) is 0 Å². The van der Waals surface area contributed by atoms with Gasteiger partial charge in [0, 0.05) is 29.9 Å². The van der Waals surface area contributed by atoms with E-state index < -0.39 is 0 Å². The van der Waals surface area contributed by atoms with E-state index in [1.807, 2.05) is 42.5 Å². The predicted molar refractivity (Wildman–Crippen MR) is 121 cm³/mol. The van der Waals surface area contributed by atoms with Gasteiger partial charge in [0.2, 0.25) is 0 Å². The molecule has 1 aromatic heterocycles. The molecule has 29 heavy (non-hydrogen) atoms. The SMILES string of the molecule is CCc1ccccc1NC(=O)Nc1ccc2nc(N3CCCCC3)cc(C)c2c1. The van der Waals surface area contributed by atoms with Gasteiger partial charge in [0.25, 0.3) is 0 Å². The number of amides is 2. The minimum Gasteiger partial charge on any atom is -0.357 e. The number of urea groups is 1. The molecule has 150 valence electrons. The number of aromatic nitrogens is 1. The van der Waals surface area contributed by atoms with Crippen LogP contribution in [0.4, 0.5) is 22.0 Å². The summed E-state index contributed by atoms with van der Waals surface area (Å²) in [6, 6.07) is 15.7. The molecule has 1 saturated heterocycles. The molecule has 0 atom stereocenters. The third-order valence-corrected chi connectivity index (χ3v) is 5.59. The molecule has 2 N–H and O–H groups in total. The Kier molecular flexibility index (Phi) is 5.65. The quantitative estimate of drug-likeness (QED) is 0.599. The standard InChI is InChI=1S/C24H28N4O/c1-3-18-9-5-6-10-21(18)27-24(29)25-19-11-12-22-20(16-19)17(2)15-23(26-22)28-13-7-4-8-14-28/h5-6,9-12,15-16H,3-4,7-8,13-14H2,1-2H3,(H2,25,27,29). The van der Waals surface area contributed by atoms with Gasteiger partial charge >= 0.3 is 6.03 Å². The van der Waals surface area contributed by atoms with Crippen LogP contribution in [-0.4, -0.2) is 24.1 Å². The van der Waals surface area contributed by atoms with Crippen molar-refractivity contribution in [3.05, 3.63) is 59.7 Å². The fraction of sp³-hybridized carbons (Fsp3) is 0.333. The van der Waals surface area contributed by atoms with Crippen molar-refractivity contribution in [3.8, 4) is 0 Å². The second-order valence-electron chi connectivity index (χ2n) is 7.67. The highest BCUT2D eigenvalue weighted by Crippen LogP contribution is 2.27. The van der Waals surface area contributed by atoms with Gasteiger partial charge in [-0.25, -0.2) is 9.78 Å². The summed E-state index contributed by atoms with van der Waals surface area (Å²) < 4.78 is 0. The maximum atomic E-state index is 12.5. The van der Waals surface area contributed by atoms with E-state index in [1.165, 1.54) is 24.8 Å². The highest BCUT2D eigenvalue weighted by Gasteiger charge is 2.14. The average Bonchev–Trinajstić information content (AvgIpc) is 2.75. The molecule has 5 heteroatoms. The highest BCUT2D eigenvalue weighted by molar-refractivity contribution is 6.01. The average molecular weight is 389 g/mol. The van der Waals surface area contributed by atoms with Gasteiger partial charge in [0.05, 0.1) is 5.52 Å². The number of nitrogens with zero attached hydrogens (tertiary/aromatic N) is 2. The third-order valence-electron chi connectivity index (χ3n) is 5.59. The van der Waals surface area contributed by atoms with Crippen molar-refractivity contribution in [2.45, 2.75) is 39.5 Å². The van der Waals surface area contributed by atoms with Gasteiger partial charge < -0.3 is 15.5 Å². The van der Waals surface area contributed by atoms with Gasteiger partial charge in [-0.05, 0) is 74.1 Å².